The Morgan fingerprint density at radius 2 is 2.00 bits per heavy atom. The molecule has 0 atom stereocenters. The number of carbonyl (C=O) groups is 1. The minimum atomic E-state index is -0.384. The molecule has 2 rings (SSSR count). The maximum Gasteiger partial charge on any atom is 0.236 e. The van der Waals surface area contributed by atoms with Crippen molar-refractivity contribution >= 4 is 28.8 Å². The first-order valence-electron chi connectivity index (χ1n) is 7.49. The maximum absolute atomic E-state index is 13.4. The Morgan fingerprint density at radius 3 is 2.67 bits per heavy atom. The molecule has 0 aliphatic heterocycles. The first kappa shape index (κ1) is 18.7. The van der Waals surface area contributed by atoms with Crippen LogP contribution in [0.3, 0.4) is 0 Å². The highest BCUT2D eigenvalue weighted by Gasteiger charge is 2.13. The van der Waals surface area contributed by atoms with E-state index in [9.17, 15) is 9.18 Å². The fourth-order valence-electron chi connectivity index (χ4n) is 2.06. The van der Waals surface area contributed by atoms with E-state index < -0.39 is 0 Å². The first-order valence-corrected chi connectivity index (χ1v) is 8.69. The average Bonchev–Trinajstić information content (AvgIpc) is 2.94. The van der Waals surface area contributed by atoms with Gasteiger partial charge in [-0.2, -0.15) is 0 Å². The summed E-state index contributed by atoms with van der Waals surface area (Å²) >= 11 is 7.36. The predicted molar refractivity (Wildman–Crippen MR) is 95.2 cm³/mol. The lowest BCUT2D eigenvalue weighted by Crippen LogP contribution is -2.37. The van der Waals surface area contributed by atoms with Gasteiger partial charge in [-0.15, -0.1) is 11.3 Å². The van der Waals surface area contributed by atoms with E-state index in [-0.39, 0.29) is 24.0 Å². The number of benzene rings is 1. The molecule has 0 saturated heterocycles. The molecule has 4 nitrogen and oxygen atoms in total. The molecule has 2 aromatic rings. The van der Waals surface area contributed by atoms with Crippen LogP contribution in [0.4, 0.5) is 4.39 Å². The molecule has 0 aliphatic rings. The zero-order chi connectivity index (χ0) is 17.5. The fourth-order valence-corrected chi connectivity index (χ4v) is 3.20. The SMILES string of the molecule is CN(CCOc1ccccc1F)CC(=O)N(C)Cc1ccc(Cl)s1. The number of ether oxygens (including phenoxy) is 1. The molecule has 1 aromatic carbocycles. The van der Waals surface area contributed by atoms with Crippen molar-refractivity contribution in [1.29, 1.82) is 0 Å². The Hall–Kier alpha value is -1.63. The van der Waals surface area contributed by atoms with E-state index in [1.807, 2.05) is 24.1 Å². The number of halogens is 2. The summed E-state index contributed by atoms with van der Waals surface area (Å²) in [7, 11) is 3.60. The zero-order valence-electron chi connectivity index (χ0n) is 13.7. The van der Waals surface area contributed by atoms with Crippen molar-refractivity contribution in [2.24, 2.45) is 0 Å². The number of thiophene rings is 1. The van der Waals surface area contributed by atoms with Crippen LogP contribution in [0.25, 0.3) is 0 Å². The van der Waals surface area contributed by atoms with Crippen molar-refractivity contribution in [2.75, 3.05) is 33.8 Å². The van der Waals surface area contributed by atoms with Gasteiger partial charge in [-0.1, -0.05) is 23.7 Å². The van der Waals surface area contributed by atoms with Crippen LogP contribution < -0.4 is 4.74 Å². The zero-order valence-corrected chi connectivity index (χ0v) is 15.2. The van der Waals surface area contributed by atoms with E-state index in [1.165, 1.54) is 17.4 Å². The molecule has 130 valence electrons. The summed E-state index contributed by atoms with van der Waals surface area (Å²) in [6.45, 7) is 1.65. The van der Waals surface area contributed by atoms with Crippen molar-refractivity contribution in [2.45, 2.75) is 6.54 Å². The minimum absolute atomic E-state index is 0.00733. The van der Waals surface area contributed by atoms with Gasteiger partial charge in [-0.05, 0) is 31.3 Å². The molecule has 0 unspecified atom stereocenters. The van der Waals surface area contributed by atoms with Gasteiger partial charge in [0.1, 0.15) is 6.61 Å². The number of hydrogen-bond acceptors (Lipinski definition) is 4. The van der Waals surface area contributed by atoms with Gasteiger partial charge in [0.25, 0.3) is 0 Å². The van der Waals surface area contributed by atoms with E-state index in [4.69, 9.17) is 16.3 Å². The Bertz CT molecular complexity index is 680. The number of nitrogens with zero attached hydrogens (tertiary/aromatic N) is 2. The summed E-state index contributed by atoms with van der Waals surface area (Å²) in [5.41, 5.74) is 0. The molecule has 1 amide bonds. The maximum atomic E-state index is 13.4. The lowest BCUT2D eigenvalue weighted by atomic mass is 10.3. The topological polar surface area (TPSA) is 32.8 Å². The van der Waals surface area contributed by atoms with E-state index in [0.29, 0.717) is 24.0 Å². The van der Waals surface area contributed by atoms with Gasteiger partial charge in [-0.3, -0.25) is 9.69 Å². The highest BCUT2D eigenvalue weighted by molar-refractivity contribution is 7.16. The fraction of sp³-hybridized carbons (Fsp3) is 0.353. The molecule has 0 N–H and O–H groups in total. The van der Waals surface area contributed by atoms with Gasteiger partial charge in [-0.25, -0.2) is 4.39 Å². The largest absolute Gasteiger partial charge is 0.489 e. The molecule has 0 aliphatic carbocycles. The van der Waals surface area contributed by atoms with Gasteiger partial charge in [0, 0.05) is 18.5 Å². The van der Waals surface area contributed by atoms with Gasteiger partial charge in [0.2, 0.25) is 5.91 Å². The second-order valence-electron chi connectivity index (χ2n) is 5.47. The van der Waals surface area contributed by atoms with Crippen LogP contribution in [0.15, 0.2) is 36.4 Å². The van der Waals surface area contributed by atoms with Crippen molar-refractivity contribution in [1.82, 2.24) is 9.80 Å². The van der Waals surface area contributed by atoms with Crippen molar-refractivity contribution in [3.8, 4) is 5.75 Å². The second kappa shape index (κ2) is 9.01. The van der Waals surface area contributed by atoms with E-state index >= 15 is 0 Å². The summed E-state index contributed by atoms with van der Waals surface area (Å²) in [6, 6.07) is 10.0. The lowest BCUT2D eigenvalue weighted by molar-refractivity contribution is -0.131. The molecule has 0 spiro atoms. The number of carbonyl (C=O) groups excluding carboxylic acids is 1. The summed E-state index contributed by atoms with van der Waals surface area (Å²) < 4.78 is 19.5. The molecule has 0 radical (unpaired) electrons. The summed E-state index contributed by atoms with van der Waals surface area (Å²) in [5.74, 6) is -0.151. The van der Waals surface area contributed by atoms with E-state index in [1.54, 1.807) is 30.1 Å². The summed E-state index contributed by atoms with van der Waals surface area (Å²) in [5, 5.41) is 0. The molecular formula is C17H20ClFN2O2S. The number of rotatable bonds is 8. The van der Waals surface area contributed by atoms with Crippen LogP contribution in [0.2, 0.25) is 4.34 Å². The minimum Gasteiger partial charge on any atom is -0.489 e. The van der Waals surface area contributed by atoms with Crippen molar-refractivity contribution in [3.05, 3.63) is 51.4 Å². The van der Waals surface area contributed by atoms with Crippen LogP contribution in [0.1, 0.15) is 4.88 Å². The quantitative estimate of drug-likeness (QED) is 0.712. The predicted octanol–water partition coefficient (Wildman–Crippen LogP) is 3.51. The van der Waals surface area contributed by atoms with Crippen LogP contribution in [-0.2, 0) is 11.3 Å². The Labute approximate surface area is 150 Å². The van der Waals surface area contributed by atoms with Crippen LogP contribution in [0, 0.1) is 5.82 Å². The Kier molecular flexibility index (Phi) is 7.02. The average molecular weight is 371 g/mol. The Morgan fingerprint density at radius 1 is 1.25 bits per heavy atom. The summed E-state index contributed by atoms with van der Waals surface area (Å²) in [4.78, 5) is 16.8. The van der Waals surface area contributed by atoms with Gasteiger partial charge in [0.05, 0.1) is 17.4 Å². The van der Waals surface area contributed by atoms with Crippen LogP contribution in [-0.4, -0.2) is 49.5 Å². The van der Waals surface area contributed by atoms with Crippen molar-refractivity contribution < 1.29 is 13.9 Å². The smallest absolute Gasteiger partial charge is 0.236 e. The first-order chi connectivity index (χ1) is 11.5. The van der Waals surface area contributed by atoms with Crippen LogP contribution >= 0.6 is 22.9 Å². The molecule has 0 bridgehead atoms. The highest BCUT2D eigenvalue weighted by Crippen LogP contribution is 2.22. The van der Waals surface area contributed by atoms with Gasteiger partial charge in [0.15, 0.2) is 11.6 Å². The molecule has 0 fully saturated rings. The second-order valence-corrected chi connectivity index (χ2v) is 7.27. The molecule has 7 heteroatoms. The normalized spacial score (nSPS) is 10.9. The van der Waals surface area contributed by atoms with Gasteiger partial charge >= 0.3 is 0 Å². The third kappa shape index (κ3) is 5.78. The van der Waals surface area contributed by atoms with E-state index in [0.717, 1.165) is 4.88 Å². The number of hydrogen-bond donors (Lipinski definition) is 0. The molecule has 24 heavy (non-hydrogen) atoms. The number of likely N-dealkylation sites (N-methyl/N-ethyl adjacent to an activating group) is 2. The summed E-state index contributed by atoms with van der Waals surface area (Å²) in [6.07, 6.45) is 0. The molecule has 1 heterocycles. The van der Waals surface area contributed by atoms with Crippen molar-refractivity contribution in [3.63, 3.8) is 0 Å². The molecular weight excluding hydrogens is 351 g/mol. The highest BCUT2D eigenvalue weighted by atomic mass is 35.5. The molecule has 0 saturated carbocycles. The molecule has 1 aromatic heterocycles. The van der Waals surface area contributed by atoms with Crippen LogP contribution in [0.5, 0.6) is 5.75 Å². The number of para-hydroxylation sites is 1. The van der Waals surface area contributed by atoms with Gasteiger partial charge < -0.3 is 9.64 Å². The lowest BCUT2D eigenvalue weighted by Gasteiger charge is -2.21. The third-order valence-corrected chi connectivity index (χ3v) is 4.64. The Balaban J connectivity index is 1.72. The van der Waals surface area contributed by atoms with E-state index in [2.05, 4.69) is 0 Å². The monoisotopic (exact) mass is 370 g/mol. The third-order valence-electron chi connectivity index (χ3n) is 3.42. The number of amides is 1. The standard InChI is InChI=1S/C17H20ClFN2O2S/c1-20(9-10-23-15-6-4-3-5-14(15)19)12-17(22)21(2)11-13-7-8-16(18)24-13/h3-8H,9-12H2,1-2H3.